The Kier molecular flexibility index (Phi) is 6.50. The number of benzene rings is 1. The van der Waals surface area contributed by atoms with E-state index in [1.165, 1.54) is 18.2 Å². The van der Waals surface area contributed by atoms with Crippen molar-refractivity contribution in [1.29, 1.82) is 0 Å². The number of carbonyl (C=O) groups is 3. The second-order valence-electron chi connectivity index (χ2n) is 6.36. The summed E-state index contributed by atoms with van der Waals surface area (Å²) >= 11 is 0. The molecule has 1 atom stereocenters. The van der Waals surface area contributed by atoms with Gasteiger partial charge in [-0.05, 0) is 37.0 Å². The average molecular weight is 349 g/mol. The molecule has 1 aliphatic carbocycles. The molecule has 136 valence electrons. The van der Waals surface area contributed by atoms with Crippen molar-refractivity contribution < 1.29 is 18.8 Å². The van der Waals surface area contributed by atoms with E-state index in [9.17, 15) is 18.8 Å². The molecule has 25 heavy (non-hydrogen) atoms. The third-order valence-electron chi connectivity index (χ3n) is 4.03. The summed E-state index contributed by atoms with van der Waals surface area (Å²) in [6.07, 6.45) is 2.35. The molecule has 1 fully saturated rings. The molecule has 0 heterocycles. The summed E-state index contributed by atoms with van der Waals surface area (Å²) in [5.74, 6) is -1.82. The van der Waals surface area contributed by atoms with Gasteiger partial charge in [-0.1, -0.05) is 19.1 Å². The van der Waals surface area contributed by atoms with E-state index in [2.05, 4.69) is 5.32 Å². The molecule has 2 rings (SSSR count). The fraction of sp³-hybridized carbons (Fsp3) is 0.500. The monoisotopic (exact) mass is 349 g/mol. The van der Waals surface area contributed by atoms with Crippen LogP contribution in [0.5, 0.6) is 0 Å². The molecular weight excluding hydrogens is 325 g/mol. The molecule has 1 saturated carbocycles. The standard InChI is InChI=1S/C18H24FN3O3/c1-2-8-22(14-6-7-14)18(25)15(11-16(20)23)21-17(24)10-12-4-3-5-13(19)9-12/h3-5,9,14-15H,2,6-8,10-11H2,1H3,(H2,20,23)(H,21,24). The van der Waals surface area contributed by atoms with Crippen molar-refractivity contribution in [2.75, 3.05) is 6.54 Å². The zero-order valence-corrected chi connectivity index (χ0v) is 14.3. The highest BCUT2D eigenvalue weighted by atomic mass is 19.1. The highest BCUT2D eigenvalue weighted by molar-refractivity contribution is 5.92. The summed E-state index contributed by atoms with van der Waals surface area (Å²) in [6, 6.07) is 4.90. The highest BCUT2D eigenvalue weighted by Crippen LogP contribution is 2.27. The van der Waals surface area contributed by atoms with E-state index >= 15 is 0 Å². The molecule has 6 nitrogen and oxygen atoms in total. The molecule has 0 saturated heterocycles. The van der Waals surface area contributed by atoms with E-state index in [1.54, 1.807) is 11.0 Å². The van der Waals surface area contributed by atoms with Crippen molar-refractivity contribution in [3.63, 3.8) is 0 Å². The third kappa shape index (κ3) is 5.85. The van der Waals surface area contributed by atoms with Gasteiger partial charge in [0.2, 0.25) is 17.7 Å². The van der Waals surface area contributed by atoms with Crippen molar-refractivity contribution in [2.45, 2.75) is 51.1 Å². The molecular formula is C18H24FN3O3. The first-order chi connectivity index (χ1) is 11.9. The number of carbonyl (C=O) groups excluding carboxylic acids is 3. The van der Waals surface area contributed by atoms with Crippen LogP contribution in [-0.2, 0) is 20.8 Å². The molecule has 1 aromatic carbocycles. The average Bonchev–Trinajstić information content (AvgIpc) is 3.35. The summed E-state index contributed by atoms with van der Waals surface area (Å²) in [7, 11) is 0. The Bertz CT molecular complexity index is 646. The normalized spacial score (nSPS) is 14.6. The Morgan fingerprint density at radius 2 is 2.08 bits per heavy atom. The molecule has 3 amide bonds. The quantitative estimate of drug-likeness (QED) is 0.700. The fourth-order valence-corrected chi connectivity index (χ4v) is 2.78. The minimum atomic E-state index is -0.981. The Hall–Kier alpha value is -2.44. The number of nitrogens with zero attached hydrogens (tertiary/aromatic N) is 1. The van der Waals surface area contributed by atoms with Gasteiger partial charge in [-0.3, -0.25) is 14.4 Å². The van der Waals surface area contributed by atoms with E-state index < -0.39 is 23.7 Å². The summed E-state index contributed by atoms with van der Waals surface area (Å²) in [4.78, 5) is 38.0. The number of nitrogens with two attached hydrogens (primary N) is 1. The maximum Gasteiger partial charge on any atom is 0.245 e. The van der Waals surface area contributed by atoms with Crippen molar-refractivity contribution >= 4 is 17.7 Å². The molecule has 7 heteroatoms. The largest absolute Gasteiger partial charge is 0.370 e. The Morgan fingerprint density at radius 3 is 2.64 bits per heavy atom. The molecule has 1 aliphatic rings. The van der Waals surface area contributed by atoms with E-state index in [-0.39, 0.29) is 24.8 Å². The van der Waals surface area contributed by atoms with Crippen molar-refractivity contribution in [3.05, 3.63) is 35.6 Å². The lowest BCUT2D eigenvalue weighted by atomic mass is 10.1. The van der Waals surface area contributed by atoms with Gasteiger partial charge < -0.3 is 16.0 Å². The summed E-state index contributed by atoms with van der Waals surface area (Å²) < 4.78 is 13.2. The second kappa shape index (κ2) is 8.60. The van der Waals surface area contributed by atoms with E-state index in [0.717, 1.165) is 19.3 Å². The highest BCUT2D eigenvalue weighted by Gasteiger charge is 2.36. The van der Waals surface area contributed by atoms with Crippen LogP contribution in [0.2, 0.25) is 0 Å². The number of hydrogen-bond donors (Lipinski definition) is 2. The zero-order chi connectivity index (χ0) is 18.4. The van der Waals surface area contributed by atoms with Gasteiger partial charge in [0, 0.05) is 12.6 Å². The fourth-order valence-electron chi connectivity index (χ4n) is 2.78. The predicted molar refractivity (Wildman–Crippen MR) is 90.9 cm³/mol. The van der Waals surface area contributed by atoms with Crippen LogP contribution in [-0.4, -0.2) is 41.2 Å². The first-order valence-electron chi connectivity index (χ1n) is 8.53. The van der Waals surface area contributed by atoms with Crippen molar-refractivity contribution in [3.8, 4) is 0 Å². The van der Waals surface area contributed by atoms with Gasteiger partial charge >= 0.3 is 0 Å². The maximum atomic E-state index is 13.2. The number of rotatable bonds is 9. The number of halogens is 1. The first kappa shape index (κ1) is 18.9. The lowest BCUT2D eigenvalue weighted by Crippen LogP contribution is -2.51. The third-order valence-corrected chi connectivity index (χ3v) is 4.03. The van der Waals surface area contributed by atoms with Crippen LogP contribution in [0.1, 0.15) is 38.2 Å². The van der Waals surface area contributed by atoms with Crippen LogP contribution in [0.4, 0.5) is 4.39 Å². The number of hydrogen-bond acceptors (Lipinski definition) is 3. The van der Waals surface area contributed by atoms with Gasteiger partial charge in [0.1, 0.15) is 11.9 Å². The predicted octanol–water partition coefficient (Wildman–Crippen LogP) is 1.13. The Balaban J connectivity index is 2.04. The van der Waals surface area contributed by atoms with Crippen LogP contribution in [0, 0.1) is 5.82 Å². The molecule has 0 aliphatic heterocycles. The van der Waals surface area contributed by atoms with Gasteiger partial charge in [-0.15, -0.1) is 0 Å². The van der Waals surface area contributed by atoms with Crippen molar-refractivity contribution in [2.24, 2.45) is 5.73 Å². The first-order valence-corrected chi connectivity index (χ1v) is 8.53. The summed E-state index contributed by atoms with van der Waals surface area (Å²) in [5, 5.41) is 2.58. The Morgan fingerprint density at radius 1 is 1.36 bits per heavy atom. The van der Waals surface area contributed by atoms with Crippen LogP contribution in [0.15, 0.2) is 24.3 Å². The molecule has 0 spiro atoms. The van der Waals surface area contributed by atoms with Crippen LogP contribution >= 0.6 is 0 Å². The zero-order valence-electron chi connectivity index (χ0n) is 14.3. The molecule has 1 aromatic rings. The maximum absolute atomic E-state index is 13.2. The topological polar surface area (TPSA) is 92.5 Å². The van der Waals surface area contributed by atoms with Gasteiger partial charge in [0.05, 0.1) is 12.8 Å². The van der Waals surface area contributed by atoms with Crippen molar-refractivity contribution in [1.82, 2.24) is 10.2 Å². The lowest BCUT2D eigenvalue weighted by Gasteiger charge is -2.27. The van der Waals surface area contributed by atoms with Crippen LogP contribution < -0.4 is 11.1 Å². The van der Waals surface area contributed by atoms with E-state index in [4.69, 9.17) is 5.73 Å². The van der Waals surface area contributed by atoms with Gasteiger partial charge in [-0.2, -0.15) is 0 Å². The minimum absolute atomic E-state index is 0.0719. The SMILES string of the molecule is CCCN(C(=O)C(CC(N)=O)NC(=O)Cc1cccc(F)c1)C1CC1. The molecule has 0 bridgehead atoms. The van der Waals surface area contributed by atoms with Crippen LogP contribution in [0.25, 0.3) is 0 Å². The summed E-state index contributed by atoms with van der Waals surface area (Å²) in [6.45, 7) is 2.55. The Labute approximate surface area is 146 Å². The van der Waals surface area contributed by atoms with E-state index in [0.29, 0.717) is 12.1 Å². The lowest BCUT2D eigenvalue weighted by molar-refractivity contribution is -0.138. The van der Waals surface area contributed by atoms with Gasteiger partial charge in [0.15, 0.2) is 0 Å². The number of amides is 3. The second-order valence-corrected chi connectivity index (χ2v) is 6.36. The number of nitrogens with one attached hydrogen (secondary N) is 1. The smallest absolute Gasteiger partial charge is 0.245 e. The minimum Gasteiger partial charge on any atom is -0.370 e. The molecule has 0 radical (unpaired) electrons. The summed E-state index contributed by atoms with van der Waals surface area (Å²) in [5.41, 5.74) is 5.73. The van der Waals surface area contributed by atoms with Gasteiger partial charge in [0.25, 0.3) is 0 Å². The molecule has 1 unspecified atom stereocenters. The molecule has 3 N–H and O–H groups in total. The van der Waals surface area contributed by atoms with Gasteiger partial charge in [-0.25, -0.2) is 4.39 Å². The number of primary amides is 1. The van der Waals surface area contributed by atoms with E-state index in [1.807, 2.05) is 6.92 Å². The molecule has 0 aromatic heterocycles. The van der Waals surface area contributed by atoms with Crippen LogP contribution in [0.3, 0.4) is 0 Å².